The van der Waals surface area contributed by atoms with Crippen LogP contribution in [-0.2, 0) is 9.59 Å². The number of ketones is 1. The molecule has 0 rings (SSSR count). The molecule has 52 valence electrons. The van der Waals surface area contributed by atoms with Gasteiger partial charge in [-0.1, -0.05) is 11.6 Å². The zero-order valence-electron chi connectivity index (χ0n) is 4.30. The predicted octanol–water partition coefficient (Wildman–Crippen LogP) is 0.268. The predicted molar refractivity (Wildman–Crippen MR) is 32.3 cm³/mol. The van der Waals surface area contributed by atoms with E-state index in [1.54, 1.807) is 0 Å². The number of alkyl halides is 1. The van der Waals surface area contributed by atoms with Crippen molar-refractivity contribution in [2.75, 3.05) is 0 Å². The van der Waals surface area contributed by atoms with Crippen molar-refractivity contribution in [3.63, 3.8) is 0 Å². The fourth-order valence-corrected chi connectivity index (χ4v) is 0.451. The normalized spacial score (nSPS) is 12.8. The molecular weight excluding hydrogens is 167 g/mol. The lowest BCUT2D eigenvalue weighted by atomic mass is 10.3. The van der Waals surface area contributed by atoms with Gasteiger partial charge < -0.3 is 5.11 Å². The second-order valence-corrected chi connectivity index (χ2v) is 2.18. The summed E-state index contributed by atoms with van der Waals surface area (Å²) in [5.41, 5.74) is -1.32. The molecule has 0 fully saturated rings. The van der Waals surface area contributed by atoms with Gasteiger partial charge in [-0.3, -0.25) is 9.59 Å². The summed E-state index contributed by atoms with van der Waals surface area (Å²) in [5, 5.41) is 7.20. The van der Waals surface area contributed by atoms with Crippen molar-refractivity contribution in [3.05, 3.63) is 0 Å². The Hall–Kier alpha value is -0.120. The molecule has 3 nitrogen and oxygen atoms in total. The van der Waals surface area contributed by atoms with E-state index in [4.69, 9.17) is 28.3 Å². The summed E-state index contributed by atoms with van der Waals surface area (Å²) in [5.74, 6) is -0.876. The number of hydrogen-bond acceptors (Lipinski definition) is 3. The van der Waals surface area contributed by atoms with Crippen LogP contribution in [0.4, 0.5) is 0 Å². The smallest absolute Gasteiger partial charge is 0.288 e. The molecule has 0 saturated heterocycles. The van der Waals surface area contributed by atoms with Crippen molar-refractivity contribution in [1.29, 1.82) is 0 Å². The minimum Gasteiger partial charge on any atom is -0.377 e. The fourth-order valence-electron chi connectivity index (χ4n) is 0.233. The Morgan fingerprint density at radius 1 is 1.56 bits per heavy atom. The average Bonchev–Trinajstić information content (AvgIpc) is 1.63. The maximum atomic E-state index is 10.2. The zero-order valence-corrected chi connectivity index (χ0v) is 5.82. The van der Waals surface area contributed by atoms with Crippen molar-refractivity contribution in [3.8, 4) is 0 Å². The second kappa shape index (κ2) is 3.82. The molecule has 0 aliphatic rings. The number of rotatable bonds is 3. The molecule has 0 aromatic carbocycles. The van der Waals surface area contributed by atoms with E-state index in [-0.39, 0.29) is 0 Å². The van der Waals surface area contributed by atoms with Gasteiger partial charge in [0.1, 0.15) is 5.56 Å². The van der Waals surface area contributed by atoms with Gasteiger partial charge in [-0.2, -0.15) is 0 Å². The first-order valence-corrected chi connectivity index (χ1v) is 2.90. The summed E-state index contributed by atoms with van der Waals surface area (Å²) in [6.45, 7) is 0. The molecule has 0 radical (unpaired) electrons. The van der Waals surface area contributed by atoms with Gasteiger partial charge in [0, 0.05) is 0 Å². The largest absolute Gasteiger partial charge is 0.377 e. The van der Waals surface area contributed by atoms with Crippen LogP contribution in [0.3, 0.4) is 0 Å². The summed E-state index contributed by atoms with van der Waals surface area (Å²) < 4.78 is 0. The highest BCUT2D eigenvalue weighted by Gasteiger charge is 2.13. The van der Waals surface area contributed by atoms with E-state index in [1.165, 1.54) is 0 Å². The van der Waals surface area contributed by atoms with Crippen molar-refractivity contribution in [2.45, 2.75) is 12.0 Å². The van der Waals surface area contributed by atoms with E-state index in [2.05, 4.69) is 0 Å². The van der Waals surface area contributed by atoms with Gasteiger partial charge >= 0.3 is 0 Å². The Labute approximate surface area is 61.6 Å². The van der Waals surface area contributed by atoms with E-state index in [0.717, 1.165) is 0 Å². The first-order valence-electron chi connectivity index (χ1n) is 2.09. The molecule has 9 heavy (non-hydrogen) atoms. The Bertz CT molecular complexity index is 132. The Balaban J connectivity index is 3.65. The van der Waals surface area contributed by atoms with Crippen LogP contribution >= 0.6 is 23.2 Å². The molecule has 1 N–H and O–H groups in total. The maximum Gasteiger partial charge on any atom is 0.288 e. The van der Waals surface area contributed by atoms with Crippen molar-refractivity contribution >= 4 is 34.2 Å². The second-order valence-electron chi connectivity index (χ2n) is 1.34. The van der Waals surface area contributed by atoms with Crippen LogP contribution in [0.1, 0.15) is 6.42 Å². The van der Waals surface area contributed by atoms with Crippen molar-refractivity contribution in [1.82, 2.24) is 0 Å². The summed E-state index contributed by atoms with van der Waals surface area (Å²) in [6, 6.07) is 0. The number of carbonyl (C=O) groups excluding carboxylic acids is 2. The molecule has 0 bridgehead atoms. The van der Waals surface area contributed by atoms with Crippen LogP contribution in [0.2, 0.25) is 0 Å². The van der Waals surface area contributed by atoms with Gasteiger partial charge in [-0.25, -0.2) is 0 Å². The number of aliphatic hydroxyl groups is 1. The first-order chi connectivity index (χ1) is 4.04. The third-order valence-corrected chi connectivity index (χ3v) is 0.938. The molecule has 0 saturated carbocycles. The van der Waals surface area contributed by atoms with Crippen LogP contribution in [0.5, 0.6) is 0 Å². The molecule has 0 aliphatic heterocycles. The van der Waals surface area contributed by atoms with Gasteiger partial charge in [-0.05, 0) is 11.6 Å². The minimum absolute atomic E-state index is 0.427. The quantitative estimate of drug-likeness (QED) is 0.376. The van der Waals surface area contributed by atoms with E-state index in [9.17, 15) is 9.59 Å². The number of Topliss-reactive ketones (excluding diaryl/α,β-unsaturated/α-hetero) is 1. The molecule has 0 aliphatic carbocycles. The Morgan fingerprint density at radius 2 is 2.00 bits per heavy atom. The van der Waals surface area contributed by atoms with Crippen LogP contribution in [0, 0.1) is 0 Å². The maximum absolute atomic E-state index is 10.2. The monoisotopic (exact) mass is 170 g/mol. The van der Waals surface area contributed by atoms with Gasteiger partial charge in [0.15, 0.2) is 0 Å². The highest BCUT2D eigenvalue weighted by Crippen LogP contribution is 1.99. The van der Waals surface area contributed by atoms with Crippen LogP contribution in [0.25, 0.3) is 0 Å². The number of halogens is 2. The van der Waals surface area contributed by atoms with E-state index in [1.807, 2.05) is 0 Å². The Morgan fingerprint density at radius 3 is 2.11 bits per heavy atom. The molecular formula is C4H4Cl2O3. The molecule has 1 atom stereocenters. The minimum atomic E-state index is -1.32. The average molecular weight is 171 g/mol. The van der Waals surface area contributed by atoms with Crippen molar-refractivity contribution < 1.29 is 14.7 Å². The Kier molecular flexibility index (Phi) is 3.77. The van der Waals surface area contributed by atoms with Crippen molar-refractivity contribution in [2.24, 2.45) is 0 Å². The molecule has 1 unspecified atom stereocenters. The number of aliphatic hydroxyl groups excluding tert-OH is 1. The molecule has 0 aromatic heterocycles. The number of hydrogen-bond donors (Lipinski definition) is 1. The lowest BCUT2D eigenvalue weighted by Gasteiger charge is -1.94. The summed E-state index contributed by atoms with van der Waals surface area (Å²) >= 11 is 9.65. The molecule has 0 spiro atoms. The summed E-state index contributed by atoms with van der Waals surface area (Å²) in [7, 11) is 0. The van der Waals surface area contributed by atoms with Gasteiger partial charge in [0.05, 0.1) is 6.42 Å². The standard InChI is InChI=1S/C4H4Cl2O3/c5-3(8)1-2(7)4(6)9/h3,8H,1H2. The molecule has 0 aromatic rings. The lowest BCUT2D eigenvalue weighted by Crippen LogP contribution is -2.12. The summed E-state index contributed by atoms with van der Waals surface area (Å²) in [4.78, 5) is 20.2. The van der Waals surface area contributed by atoms with E-state index < -0.39 is 23.0 Å². The van der Waals surface area contributed by atoms with Gasteiger partial charge in [0.2, 0.25) is 5.78 Å². The molecule has 0 amide bonds. The highest BCUT2D eigenvalue weighted by molar-refractivity contribution is 6.81. The van der Waals surface area contributed by atoms with Crippen LogP contribution in [-0.4, -0.2) is 21.7 Å². The van der Waals surface area contributed by atoms with Gasteiger partial charge in [0.25, 0.3) is 5.24 Å². The molecule has 5 heteroatoms. The lowest BCUT2D eigenvalue weighted by molar-refractivity contribution is -0.132. The topological polar surface area (TPSA) is 54.4 Å². The van der Waals surface area contributed by atoms with Crippen LogP contribution < -0.4 is 0 Å². The van der Waals surface area contributed by atoms with E-state index in [0.29, 0.717) is 0 Å². The van der Waals surface area contributed by atoms with Crippen LogP contribution in [0.15, 0.2) is 0 Å². The SMILES string of the molecule is O=C(Cl)C(=O)CC(O)Cl. The zero-order chi connectivity index (χ0) is 7.44. The highest BCUT2D eigenvalue weighted by atomic mass is 35.5. The third kappa shape index (κ3) is 4.39. The third-order valence-electron chi connectivity index (χ3n) is 0.573. The number of carbonyl (C=O) groups is 2. The molecule has 0 heterocycles. The fraction of sp³-hybridized carbons (Fsp3) is 0.500. The van der Waals surface area contributed by atoms with Gasteiger partial charge in [-0.15, -0.1) is 0 Å². The van der Waals surface area contributed by atoms with E-state index >= 15 is 0 Å². The summed E-state index contributed by atoms with van der Waals surface area (Å²) in [6.07, 6.45) is -0.427. The first kappa shape index (κ1) is 8.88.